The van der Waals surface area contributed by atoms with Crippen molar-refractivity contribution in [1.29, 1.82) is 0 Å². The van der Waals surface area contributed by atoms with Crippen molar-refractivity contribution in [3.05, 3.63) is 61.8 Å². The average molecular weight is 484 g/mol. The SMILES string of the molecule is C[C@H](NC(=O)c1cccc([N+](=O)[O-])c1)C(=O)OCC(=O)c1ccc(CCNS(C)(=O)=O)s1. The van der Waals surface area contributed by atoms with Crippen LogP contribution in [0.15, 0.2) is 36.4 Å². The normalized spacial score (nSPS) is 12.1. The van der Waals surface area contributed by atoms with Crippen LogP contribution in [0.3, 0.4) is 0 Å². The fourth-order valence-electron chi connectivity index (χ4n) is 2.45. The third-order valence-electron chi connectivity index (χ3n) is 4.04. The van der Waals surface area contributed by atoms with E-state index in [1.807, 2.05) is 0 Å². The van der Waals surface area contributed by atoms with E-state index in [1.165, 1.54) is 25.1 Å². The molecule has 1 aromatic heterocycles. The Labute approximate surface area is 188 Å². The number of hydrogen-bond acceptors (Lipinski definition) is 9. The number of rotatable bonds is 11. The Morgan fingerprint density at radius 2 is 1.94 bits per heavy atom. The quantitative estimate of drug-likeness (QED) is 0.209. The van der Waals surface area contributed by atoms with Gasteiger partial charge in [0.2, 0.25) is 15.8 Å². The Hall–Kier alpha value is -3.16. The van der Waals surface area contributed by atoms with E-state index in [2.05, 4.69) is 10.0 Å². The van der Waals surface area contributed by atoms with E-state index < -0.39 is 45.3 Å². The van der Waals surface area contributed by atoms with Crippen molar-refractivity contribution in [1.82, 2.24) is 10.0 Å². The van der Waals surface area contributed by atoms with Crippen LogP contribution in [0.25, 0.3) is 0 Å². The molecule has 1 aromatic carbocycles. The maximum atomic E-state index is 12.2. The lowest BCUT2D eigenvalue weighted by Gasteiger charge is -2.13. The molecule has 0 aliphatic carbocycles. The predicted octanol–water partition coefficient (Wildman–Crippen LogP) is 1.29. The number of Topliss-reactive ketones (excluding diaryl/α,β-unsaturated/α-hetero) is 1. The number of amides is 1. The van der Waals surface area contributed by atoms with E-state index in [4.69, 9.17) is 4.74 Å². The van der Waals surface area contributed by atoms with Crippen LogP contribution >= 0.6 is 11.3 Å². The van der Waals surface area contributed by atoms with Crippen molar-refractivity contribution in [2.45, 2.75) is 19.4 Å². The number of hydrogen-bond donors (Lipinski definition) is 2. The smallest absolute Gasteiger partial charge is 0.328 e. The van der Waals surface area contributed by atoms with Gasteiger partial charge in [0.1, 0.15) is 6.04 Å². The summed E-state index contributed by atoms with van der Waals surface area (Å²) < 4.78 is 29.4. The van der Waals surface area contributed by atoms with Crippen molar-refractivity contribution in [3.63, 3.8) is 0 Å². The van der Waals surface area contributed by atoms with Gasteiger partial charge in [0.15, 0.2) is 6.61 Å². The second-order valence-electron chi connectivity index (χ2n) is 6.72. The zero-order valence-corrected chi connectivity index (χ0v) is 18.8. The van der Waals surface area contributed by atoms with Gasteiger partial charge >= 0.3 is 5.97 Å². The zero-order chi connectivity index (χ0) is 23.9. The summed E-state index contributed by atoms with van der Waals surface area (Å²) in [4.78, 5) is 47.8. The number of benzene rings is 1. The Bertz CT molecular complexity index is 1130. The monoisotopic (exact) mass is 483 g/mol. The Morgan fingerprint density at radius 1 is 1.22 bits per heavy atom. The standard InChI is InChI=1S/C19H21N3O8S2/c1-12(21-18(24)13-4-3-5-14(10-13)22(26)27)19(25)30-11-16(23)17-7-6-15(31-17)8-9-20-32(2,28)29/h3-7,10,12,20H,8-9,11H2,1-2H3,(H,21,24)/t12-/m0/s1. The third kappa shape index (κ3) is 7.83. The molecule has 2 N–H and O–H groups in total. The second-order valence-corrected chi connectivity index (χ2v) is 9.72. The van der Waals surface area contributed by atoms with Gasteiger partial charge in [-0.2, -0.15) is 0 Å². The molecule has 2 aromatic rings. The molecule has 0 unspecified atom stereocenters. The lowest BCUT2D eigenvalue weighted by molar-refractivity contribution is -0.384. The minimum atomic E-state index is -3.29. The maximum Gasteiger partial charge on any atom is 0.328 e. The van der Waals surface area contributed by atoms with Crippen molar-refractivity contribution in [3.8, 4) is 0 Å². The molecule has 1 atom stereocenters. The Morgan fingerprint density at radius 3 is 2.59 bits per heavy atom. The molecule has 1 heterocycles. The van der Waals surface area contributed by atoms with Gasteiger partial charge in [0, 0.05) is 29.1 Å². The number of ketones is 1. The number of esters is 1. The molecule has 172 valence electrons. The molecule has 2 rings (SSSR count). The summed E-state index contributed by atoms with van der Waals surface area (Å²) in [5.74, 6) is -1.98. The summed E-state index contributed by atoms with van der Waals surface area (Å²) in [5.41, 5.74) is -0.257. The minimum Gasteiger partial charge on any atom is -0.456 e. The summed E-state index contributed by atoms with van der Waals surface area (Å²) in [6, 6.07) is 7.19. The van der Waals surface area contributed by atoms with Crippen LogP contribution in [0.1, 0.15) is 31.8 Å². The molecule has 13 heteroatoms. The van der Waals surface area contributed by atoms with E-state index in [-0.39, 0.29) is 17.8 Å². The number of carbonyl (C=O) groups is 3. The van der Waals surface area contributed by atoms with Crippen LogP contribution in [0.4, 0.5) is 5.69 Å². The summed E-state index contributed by atoms with van der Waals surface area (Å²) in [7, 11) is -3.29. The lowest BCUT2D eigenvalue weighted by atomic mass is 10.2. The molecule has 0 radical (unpaired) electrons. The summed E-state index contributed by atoms with van der Waals surface area (Å²) in [6.45, 7) is 1.03. The molecule has 0 aliphatic rings. The fourth-order valence-corrected chi connectivity index (χ4v) is 3.86. The van der Waals surface area contributed by atoms with Gasteiger partial charge in [-0.3, -0.25) is 19.7 Å². The van der Waals surface area contributed by atoms with Crippen molar-refractivity contribution in [2.24, 2.45) is 0 Å². The number of non-ortho nitro benzene ring substituents is 1. The number of nitrogens with zero attached hydrogens (tertiary/aromatic N) is 1. The van der Waals surface area contributed by atoms with Gasteiger partial charge in [0.05, 0.1) is 16.1 Å². The number of nitro benzene ring substituents is 1. The highest BCUT2D eigenvalue weighted by molar-refractivity contribution is 7.88. The van der Waals surface area contributed by atoms with Gasteiger partial charge in [-0.1, -0.05) is 6.07 Å². The molecule has 0 spiro atoms. The Balaban J connectivity index is 1.84. The largest absolute Gasteiger partial charge is 0.456 e. The fraction of sp³-hybridized carbons (Fsp3) is 0.316. The van der Waals surface area contributed by atoms with Crippen molar-refractivity contribution >= 4 is 44.7 Å². The highest BCUT2D eigenvalue weighted by atomic mass is 32.2. The molecule has 0 aliphatic heterocycles. The van der Waals surface area contributed by atoms with Crippen LogP contribution < -0.4 is 10.0 Å². The van der Waals surface area contributed by atoms with Crippen LogP contribution in [0.5, 0.6) is 0 Å². The van der Waals surface area contributed by atoms with Crippen LogP contribution in [0.2, 0.25) is 0 Å². The van der Waals surface area contributed by atoms with E-state index >= 15 is 0 Å². The first-order valence-corrected chi connectivity index (χ1v) is 12.0. The first kappa shape index (κ1) is 25.1. The van der Waals surface area contributed by atoms with Crippen molar-refractivity contribution < 1.29 is 32.5 Å². The highest BCUT2D eigenvalue weighted by Gasteiger charge is 2.21. The summed E-state index contributed by atoms with van der Waals surface area (Å²) in [6.07, 6.45) is 1.46. The number of ether oxygens (including phenoxy) is 1. The highest BCUT2D eigenvalue weighted by Crippen LogP contribution is 2.18. The third-order valence-corrected chi connectivity index (χ3v) is 5.95. The van der Waals surface area contributed by atoms with Gasteiger partial charge in [-0.25, -0.2) is 17.9 Å². The molecule has 0 saturated carbocycles. The lowest BCUT2D eigenvalue weighted by Crippen LogP contribution is -2.40. The van der Waals surface area contributed by atoms with Gasteiger partial charge < -0.3 is 10.1 Å². The maximum absolute atomic E-state index is 12.2. The van der Waals surface area contributed by atoms with Crippen LogP contribution in [-0.4, -0.2) is 56.5 Å². The van der Waals surface area contributed by atoms with Crippen LogP contribution in [0, 0.1) is 10.1 Å². The number of nitrogens with one attached hydrogen (secondary N) is 2. The first-order valence-electron chi connectivity index (χ1n) is 9.25. The molecule has 11 nitrogen and oxygen atoms in total. The van der Waals surface area contributed by atoms with Gasteiger partial charge in [-0.05, 0) is 31.5 Å². The molecular formula is C19H21N3O8S2. The first-order chi connectivity index (χ1) is 15.0. The number of sulfonamides is 1. The number of thiophene rings is 1. The molecule has 0 bridgehead atoms. The van der Waals surface area contributed by atoms with Crippen molar-refractivity contribution in [2.75, 3.05) is 19.4 Å². The van der Waals surface area contributed by atoms with E-state index in [0.717, 1.165) is 28.5 Å². The van der Waals surface area contributed by atoms with E-state index in [0.29, 0.717) is 11.3 Å². The molecular weight excluding hydrogens is 462 g/mol. The minimum absolute atomic E-state index is 0.00593. The molecule has 1 amide bonds. The number of carbonyl (C=O) groups excluding carboxylic acids is 3. The number of nitro groups is 1. The van der Waals surface area contributed by atoms with Gasteiger partial charge in [-0.15, -0.1) is 11.3 Å². The van der Waals surface area contributed by atoms with E-state index in [1.54, 1.807) is 12.1 Å². The van der Waals surface area contributed by atoms with Crippen LogP contribution in [-0.2, 0) is 26.0 Å². The molecule has 32 heavy (non-hydrogen) atoms. The van der Waals surface area contributed by atoms with Gasteiger partial charge in [0.25, 0.3) is 11.6 Å². The Kier molecular flexibility index (Phi) is 8.57. The second kappa shape index (κ2) is 10.9. The molecule has 0 fully saturated rings. The predicted molar refractivity (Wildman–Crippen MR) is 116 cm³/mol. The zero-order valence-electron chi connectivity index (χ0n) is 17.2. The van der Waals surface area contributed by atoms with E-state index in [9.17, 15) is 32.9 Å². The average Bonchev–Trinajstić information content (AvgIpc) is 3.19. The summed E-state index contributed by atoms with van der Waals surface area (Å²) >= 11 is 1.16. The molecule has 0 saturated heterocycles. The topological polar surface area (TPSA) is 162 Å². The summed E-state index contributed by atoms with van der Waals surface area (Å²) in [5, 5.41) is 13.2.